The highest BCUT2D eigenvalue weighted by Gasteiger charge is 2.24. The third-order valence-corrected chi connectivity index (χ3v) is 12.1. The predicted octanol–water partition coefficient (Wildman–Crippen LogP) is 16.8. The largest absolute Gasteiger partial charge is 0.455 e. The van der Waals surface area contributed by atoms with Crippen LogP contribution in [0.5, 0.6) is 0 Å². The van der Waals surface area contributed by atoms with E-state index in [0.717, 1.165) is 94.0 Å². The summed E-state index contributed by atoms with van der Waals surface area (Å²) in [6, 6.07) is 79.6. The Balaban J connectivity index is 1.11. The van der Waals surface area contributed by atoms with Crippen molar-refractivity contribution >= 4 is 71.7 Å². The van der Waals surface area contributed by atoms with Gasteiger partial charge in [0.05, 0.1) is 11.1 Å². The quantitative estimate of drug-likeness (QED) is 0.161. The molecule has 0 aliphatic rings. The van der Waals surface area contributed by atoms with Gasteiger partial charge in [0.25, 0.3) is 0 Å². The highest BCUT2D eigenvalue weighted by Crippen LogP contribution is 2.48. The summed E-state index contributed by atoms with van der Waals surface area (Å²) < 4.78 is 13.8. The van der Waals surface area contributed by atoms with E-state index in [0.29, 0.717) is 0 Å². The molecule has 0 saturated carbocycles. The molecule has 0 aliphatic carbocycles. The van der Waals surface area contributed by atoms with Crippen molar-refractivity contribution in [2.45, 2.75) is 0 Å². The predicted molar refractivity (Wildman–Crippen MR) is 255 cm³/mol. The molecule has 0 N–H and O–H groups in total. The van der Waals surface area contributed by atoms with Gasteiger partial charge in [-0.15, -0.1) is 0 Å². The Morgan fingerprint density at radius 1 is 0.279 bits per heavy atom. The molecular formula is C58H37NO2. The number of rotatable bonds is 7. The lowest BCUT2D eigenvalue weighted by atomic mass is 9.93. The van der Waals surface area contributed by atoms with Crippen LogP contribution in [0.1, 0.15) is 0 Å². The summed E-state index contributed by atoms with van der Waals surface area (Å²) in [6.07, 6.45) is 0. The molecule has 0 atom stereocenters. The maximum absolute atomic E-state index is 6.94. The summed E-state index contributed by atoms with van der Waals surface area (Å²) in [5.74, 6) is 0. The van der Waals surface area contributed by atoms with E-state index in [1.54, 1.807) is 0 Å². The first-order chi connectivity index (χ1) is 30.3. The number of benzene rings is 10. The van der Waals surface area contributed by atoms with E-state index in [-0.39, 0.29) is 0 Å². The zero-order chi connectivity index (χ0) is 40.3. The molecule has 3 nitrogen and oxygen atoms in total. The fourth-order valence-electron chi connectivity index (χ4n) is 9.27. The van der Waals surface area contributed by atoms with Gasteiger partial charge in [-0.1, -0.05) is 176 Å². The van der Waals surface area contributed by atoms with Gasteiger partial charge in [-0.05, 0) is 92.9 Å². The minimum absolute atomic E-state index is 0.828. The van der Waals surface area contributed by atoms with Crippen LogP contribution in [0.25, 0.3) is 99.2 Å². The van der Waals surface area contributed by atoms with Crippen LogP contribution in [0.15, 0.2) is 233 Å². The summed E-state index contributed by atoms with van der Waals surface area (Å²) in [7, 11) is 0. The highest BCUT2D eigenvalue weighted by molar-refractivity contribution is 6.24. The minimum Gasteiger partial charge on any atom is -0.455 e. The molecule has 2 heterocycles. The fourth-order valence-corrected chi connectivity index (χ4v) is 9.27. The lowest BCUT2D eigenvalue weighted by Gasteiger charge is -2.27. The average Bonchev–Trinajstić information content (AvgIpc) is 3.92. The molecule has 3 heteroatoms. The standard InChI is InChI=1S/C58H37NO2/c1-4-16-38(17-5-1)40-32-34-43(35-33-40)59(44-23-12-22-42(36-44)39-18-6-2-7-19-39)52-29-15-31-54-56(52)51-37-50(46-24-10-11-25-47(46)58(51)61-54)48-27-13-28-49-55-45(41-20-8-3-9-21-41)26-14-30-53(55)60-57(48)49/h1-37H. The summed E-state index contributed by atoms with van der Waals surface area (Å²) in [4.78, 5) is 2.37. The van der Waals surface area contributed by atoms with Crippen LogP contribution in [-0.2, 0) is 0 Å². The van der Waals surface area contributed by atoms with Crippen LogP contribution >= 0.6 is 0 Å². The van der Waals surface area contributed by atoms with Gasteiger partial charge >= 0.3 is 0 Å². The third-order valence-electron chi connectivity index (χ3n) is 12.1. The molecular weight excluding hydrogens is 743 g/mol. The van der Waals surface area contributed by atoms with Gasteiger partial charge in [-0.25, -0.2) is 0 Å². The molecule has 0 aliphatic heterocycles. The first-order valence-corrected chi connectivity index (χ1v) is 20.7. The van der Waals surface area contributed by atoms with E-state index in [1.165, 1.54) is 22.3 Å². The molecule has 0 bridgehead atoms. The first-order valence-electron chi connectivity index (χ1n) is 20.7. The SMILES string of the molecule is c1ccc(-c2ccc(N(c3cccc(-c4ccccc4)c3)c3cccc4oc5c6ccccc6c(-c6cccc7c6oc6cccc(-c8ccccc8)c67)cc5c34)cc2)cc1. The van der Waals surface area contributed by atoms with Crippen LogP contribution in [0.2, 0.25) is 0 Å². The van der Waals surface area contributed by atoms with Crippen molar-refractivity contribution < 1.29 is 8.83 Å². The Kier molecular flexibility index (Phi) is 8.17. The Labute approximate surface area is 353 Å². The van der Waals surface area contributed by atoms with Gasteiger partial charge < -0.3 is 13.7 Å². The second-order valence-electron chi connectivity index (χ2n) is 15.6. The number of fused-ring (bicyclic) bond motifs is 8. The summed E-state index contributed by atoms with van der Waals surface area (Å²) in [6.45, 7) is 0. The van der Waals surface area contributed by atoms with Gasteiger partial charge in [-0.2, -0.15) is 0 Å². The normalized spacial score (nSPS) is 11.6. The van der Waals surface area contributed by atoms with E-state index in [4.69, 9.17) is 8.83 Å². The molecule has 0 spiro atoms. The Morgan fingerprint density at radius 2 is 0.820 bits per heavy atom. The fraction of sp³-hybridized carbons (Fsp3) is 0. The molecule has 286 valence electrons. The van der Waals surface area contributed by atoms with E-state index in [1.807, 2.05) is 0 Å². The van der Waals surface area contributed by atoms with Crippen molar-refractivity contribution in [3.05, 3.63) is 224 Å². The van der Waals surface area contributed by atoms with Crippen LogP contribution in [-0.4, -0.2) is 0 Å². The van der Waals surface area contributed by atoms with Crippen molar-refractivity contribution in [3.63, 3.8) is 0 Å². The molecule has 12 aromatic rings. The van der Waals surface area contributed by atoms with Crippen LogP contribution in [0.3, 0.4) is 0 Å². The Morgan fingerprint density at radius 3 is 1.57 bits per heavy atom. The second-order valence-corrected chi connectivity index (χ2v) is 15.6. The smallest absolute Gasteiger partial charge is 0.143 e. The maximum Gasteiger partial charge on any atom is 0.143 e. The molecule has 0 radical (unpaired) electrons. The highest BCUT2D eigenvalue weighted by atomic mass is 16.3. The molecule has 0 amide bonds. The second kappa shape index (κ2) is 14.3. The van der Waals surface area contributed by atoms with Crippen molar-refractivity contribution in [2.24, 2.45) is 0 Å². The lowest BCUT2D eigenvalue weighted by molar-refractivity contribution is 0.670. The number of anilines is 3. The minimum atomic E-state index is 0.828. The van der Waals surface area contributed by atoms with Crippen LogP contribution in [0, 0.1) is 0 Å². The number of para-hydroxylation sites is 1. The van der Waals surface area contributed by atoms with Gasteiger partial charge in [0.15, 0.2) is 0 Å². The van der Waals surface area contributed by atoms with Crippen LogP contribution < -0.4 is 4.90 Å². The average molecular weight is 780 g/mol. The van der Waals surface area contributed by atoms with E-state index >= 15 is 0 Å². The molecule has 2 aromatic heterocycles. The van der Waals surface area contributed by atoms with Gasteiger partial charge in [0.1, 0.15) is 22.3 Å². The monoisotopic (exact) mass is 779 g/mol. The topological polar surface area (TPSA) is 29.5 Å². The number of hydrogen-bond donors (Lipinski definition) is 0. The van der Waals surface area contributed by atoms with E-state index in [9.17, 15) is 0 Å². The Bertz CT molecular complexity index is 3570. The van der Waals surface area contributed by atoms with Gasteiger partial charge in [0.2, 0.25) is 0 Å². The first kappa shape index (κ1) is 34.9. The molecule has 0 fully saturated rings. The van der Waals surface area contributed by atoms with Crippen molar-refractivity contribution in [1.82, 2.24) is 0 Å². The lowest BCUT2D eigenvalue weighted by Crippen LogP contribution is -2.10. The summed E-state index contributed by atoms with van der Waals surface area (Å²) >= 11 is 0. The van der Waals surface area contributed by atoms with Crippen molar-refractivity contribution in [3.8, 4) is 44.5 Å². The number of furan rings is 2. The molecule has 10 aromatic carbocycles. The number of hydrogen-bond acceptors (Lipinski definition) is 3. The third kappa shape index (κ3) is 5.82. The maximum atomic E-state index is 6.94. The van der Waals surface area contributed by atoms with Gasteiger partial charge in [0, 0.05) is 38.5 Å². The van der Waals surface area contributed by atoms with E-state index in [2.05, 4.69) is 229 Å². The van der Waals surface area contributed by atoms with Gasteiger partial charge in [-0.3, -0.25) is 0 Å². The molecule has 0 saturated heterocycles. The molecule has 0 unspecified atom stereocenters. The van der Waals surface area contributed by atoms with Crippen molar-refractivity contribution in [1.29, 1.82) is 0 Å². The van der Waals surface area contributed by atoms with Crippen molar-refractivity contribution in [2.75, 3.05) is 4.90 Å². The molecule has 61 heavy (non-hydrogen) atoms. The zero-order valence-corrected chi connectivity index (χ0v) is 33.1. The Hall–Kier alpha value is -8.14. The number of nitrogens with zero attached hydrogens (tertiary/aromatic N) is 1. The summed E-state index contributed by atoms with van der Waals surface area (Å²) in [5.41, 5.74) is 15.7. The zero-order valence-electron chi connectivity index (χ0n) is 33.1. The van der Waals surface area contributed by atoms with E-state index < -0.39 is 0 Å². The molecule has 12 rings (SSSR count). The van der Waals surface area contributed by atoms with Crippen LogP contribution in [0.4, 0.5) is 17.1 Å². The summed E-state index contributed by atoms with van der Waals surface area (Å²) in [5, 5.41) is 6.47.